The average molecular weight is 580 g/mol. The molecule has 6 nitrogen and oxygen atoms in total. The van der Waals surface area contributed by atoms with Crippen molar-refractivity contribution in [1.29, 1.82) is 0 Å². The Labute approximate surface area is 223 Å². The van der Waals surface area contributed by atoms with Gasteiger partial charge in [0.15, 0.2) is 0 Å². The van der Waals surface area contributed by atoms with Gasteiger partial charge < -0.3 is 29.7 Å². The van der Waals surface area contributed by atoms with E-state index in [2.05, 4.69) is 20.8 Å². The van der Waals surface area contributed by atoms with Crippen molar-refractivity contribution in [2.45, 2.75) is 119 Å². The zero-order valence-corrected chi connectivity index (χ0v) is 23.2. The Bertz CT molecular complexity index is 366. The van der Waals surface area contributed by atoms with E-state index in [4.69, 9.17) is 0 Å². The summed E-state index contributed by atoms with van der Waals surface area (Å²) >= 11 is 0. The standard InChI is InChI=1S/3C8H16O2.Sm/c3*1-3-5-6-7(4-2)8(9)10;/h3*7H,3-6H2,1-2H3,(H,9,10);/p-3. The summed E-state index contributed by atoms with van der Waals surface area (Å²) in [4.78, 5) is 31.0. The number of rotatable bonds is 15. The molecule has 0 aliphatic carbocycles. The third-order valence-electron chi connectivity index (χ3n) is 5.20. The molecule has 186 valence electrons. The Morgan fingerprint density at radius 1 is 0.516 bits per heavy atom. The first kappa shape index (κ1) is 38.0. The van der Waals surface area contributed by atoms with E-state index >= 15 is 0 Å². The molecular weight excluding hydrogens is 535 g/mol. The fourth-order valence-corrected chi connectivity index (χ4v) is 2.82. The zero-order valence-electron chi connectivity index (χ0n) is 20.6. The van der Waals surface area contributed by atoms with Gasteiger partial charge in [0.25, 0.3) is 0 Å². The van der Waals surface area contributed by atoms with E-state index in [1.165, 1.54) is 0 Å². The van der Waals surface area contributed by atoms with Gasteiger partial charge in [-0.3, -0.25) is 0 Å². The minimum Gasteiger partial charge on any atom is -0.550 e. The minimum atomic E-state index is -0.893. The predicted molar refractivity (Wildman–Crippen MR) is 115 cm³/mol. The van der Waals surface area contributed by atoms with Gasteiger partial charge >= 0.3 is 0 Å². The summed E-state index contributed by atoms with van der Waals surface area (Å²) in [5, 5.41) is 31.0. The molecule has 0 amide bonds. The van der Waals surface area contributed by atoms with E-state index in [9.17, 15) is 29.7 Å². The van der Waals surface area contributed by atoms with E-state index in [-0.39, 0.29) is 58.1 Å². The van der Waals surface area contributed by atoms with Crippen LogP contribution in [0.1, 0.15) is 119 Å². The smallest absolute Gasteiger partial charge is 0.0445 e. The molecule has 0 aromatic carbocycles. The molecule has 3 unspecified atom stereocenters. The molecule has 31 heavy (non-hydrogen) atoms. The van der Waals surface area contributed by atoms with Crippen LogP contribution in [0.3, 0.4) is 0 Å². The maximum atomic E-state index is 10.3. The topological polar surface area (TPSA) is 120 Å². The minimum absolute atomic E-state index is 0. The van der Waals surface area contributed by atoms with Crippen LogP contribution in [0.15, 0.2) is 0 Å². The van der Waals surface area contributed by atoms with E-state index in [1.54, 1.807) is 0 Å². The molecule has 0 fully saturated rings. The van der Waals surface area contributed by atoms with E-state index in [0.29, 0.717) is 19.3 Å². The summed E-state index contributed by atoms with van der Waals surface area (Å²) in [6.07, 6.45) is 10.6. The molecular formula is C24H45O6Sm-3. The fraction of sp³-hybridized carbons (Fsp3) is 0.875. The van der Waals surface area contributed by atoms with Crippen molar-refractivity contribution in [3.8, 4) is 0 Å². The number of carbonyl (C=O) groups is 3. The summed E-state index contributed by atoms with van der Waals surface area (Å²) in [5.74, 6) is -3.34. The molecule has 0 radical (unpaired) electrons. The SMILES string of the molecule is CCCCC(CC)C(=O)[O-].CCCCC(CC)C(=O)[O-].CCCCC(CC)C(=O)[O-].[Sm]. The molecule has 0 N–H and O–H groups in total. The second-order valence-electron chi connectivity index (χ2n) is 7.70. The van der Waals surface area contributed by atoms with Crippen LogP contribution in [0.25, 0.3) is 0 Å². The fourth-order valence-electron chi connectivity index (χ4n) is 2.82. The van der Waals surface area contributed by atoms with Crippen LogP contribution >= 0.6 is 0 Å². The molecule has 0 saturated heterocycles. The summed E-state index contributed by atoms with van der Waals surface area (Å²) in [7, 11) is 0. The Morgan fingerprint density at radius 2 is 0.710 bits per heavy atom. The Morgan fingerprint density at radius 3 is 0.806 bits per heavy atom. The normalized spacial score (nSPS) is 12.6. The van der Waals surface area contributed by atoms with E-state index < -0.39 is 17.9 Å². The van der Waals surface area contributed by atoms with Crippen LogP contribution in [-0.2, 0) is 14.4 Å². The molecule has 0 aromatic rings. The van der Waals surface area contributed by atoms with Crippen molar-refractivity contribution in [3.63, 3.8) is 0 Å². The van der Waals surface area contributed by atoms with Crippen molar-refractivity contribution in [2.75, 3.05) is 0 Å². The first-order valence-corrected chi connectivity index (χ1v) is 11.8. The van der Waals surface area contributed by atoms with Crippen LogP contribution < -0.4 is 15.3 Å². The first-order valence-electron chi connectivity index (χ1n) is 11.8. The summed E-state index contributed by atoms with van der Waals surface area (Å²) in [6.45, 7) is 11.8. The predicted octanol–water partition coefficient (Wildman–Crippen LogP) is 2.86. The number of carbonyl (C=O) groups excluding carboxylic acids is 3. The third-order valence-corrected chi connectivity index (χ3v) is 5.20. The second-order valence-corrected chi connectivity index (χ2v) is 7.70. The molecule has 0 bridgehead atoms. The second kappa shape index (κ2) is 27.8. The van der Waals surface area contributed by atoms with Crippen LogP contribution in [-0.4, -0.2) is 17.9 Å². The number of carboxylic acids is 3. The number of hydrogen-bond acceptors (Lipinski definition) is 6. The van der Waals surface area contributed by atoms with Crippen molar-refractivity contribution < 1.29 is 70.1 Å². The maximum Gasteiger partial charge on any atom is 0.0445 e. The third kappa shape index (κ3) is 25.9. The van der Waals surface area contributed by atoms with Gasteiger partial charge in [0.05, 0.1) is 0 Å². The van der Waals surface area contributed by atoms with Gasteiger partial charge in [-0.1, -0.05) is 80.1 Å². The van der Waals surface area contributed by atoms with Crippen molar-refractivity contribution in [2.24, 2.45) is 17.8 Å². The summed E-state index contributed by atoms with van der Waals surface area (Å²) in [5.41, 5.74) is 0. The Balaban J connectivity index is -0.000000174. The molecule has 0 rings (SSSR count). The Hall–Kier alpha value is -0.252. The summed E-state index contributed by atoms with van der Waals surface area (Å²) < 4.78 is 0. The number of aliphatic carboxylic acids is 3. The Kier molecular flexibility index (Phi) is 34.1. The molecule has 0 aliphatic rings. The largest absolute Gasteiger partial charge is 0.550 e. The number of unbranched alkanes of at least 4 members (excludes halogenated alkanes) is 3. The molecule has 0 saturated carbocycles. The van der Waals surface area contributed by atoms with Gasteiger partial charge in [0.1, 0.15) is 0 Å². The van der Waals surface area contributed by atoms with Gasteiger partial charge in [-0.05, 0) is 56.3 Å². The van der Waals surface area contributed by atoms with E-state index in [0.717, 1.165) is 57.8 Å². The molecule has 7 heteroatoms. The first-order chi connectivity index (χ1) is 14.2. The zero-order chi connectivity index (χ0) is 23.9. The summed E-state index contributed by atoms with van der Waals surface area (Å²) in [6, 6.07) is 0. The maximum absolute atomic E-state index is 10.3. The molecule has 0 spiro atoms. The van der Waals surface area contributed by atoms with Crippen LogP contribution in [0.5, 0.6) is 0 Å². The molecule has 0 heterocycles. The van der Waals surface area contributed by atoms with Gasteiger partial charge in [-0.2, -0.15) is 0 Å². The number of carboxylic acid groups (broad SMARTS) is 3. The van der Waals surface area contributed by atoms with Crippen LogP contribution in [0.4, 0.5) is 0 Å². The van der Waals surface area contributed by atoms with Gasteiger partial charge in [-0.15, -0.1) is 0 Å². The van der Waals surface area contributed by atoms with Crippen molar-refractivity contribution in [1.82, 2.24) is 0 Å². The van der Waals surface area contributed by atoms with Gasteiger partial charge in [0.2, 0.25) is 0 Å². The molecule has 3 atom stereocenters. The molecule has 0 aromatic heterocycles. The van der Waals surface area contributed by atoms with Gasteiger partial charge in [-0.25, -0.2) is 0 Å². The van der Waals surface area contributed by atoms with E-state index in [1.807, 2.05) is 20.8 Å². The average Bonchev–Trinajstić information content (AvgIpc) is 2.70. The number of hydrogen-bond donors (Lipinski definition) is 0. The van der Waals surface area contributed by atoms with Crippen LogP contribution in [0, 0.1) is 58.1 Å². The quantitative estimate of drug-likeness (QED) is 0.294. The van der Waals surface area contributed by atoms with Gasteiger partial charge in [0, 0.05) is 58.3 Å². The molecule has 0 aliphatic heterocycles. The van der Waals surface area contributed by atoms with Crippen LogP contribution in [0.2, 0.25) is 0 Å². The van der Waals surface area contributed by atoms with Crippen molar-refractivity contribution in [3.05, 3.63) is 0 Å². The monoisotopic (exact) mass is 581 g/mol. The van der Waals surface area contributed by atoms with Crippen molar-refractivity contribution >= 4 is 17.9 Å².